The van der Waals surface area contributed by atoms with Gasteiger partial charge < -0.3 is 14.7 Å². The van der Waals surface area contributed by atoms with Crippen molar-refractivity contribution in [2.24, 2.45) is 0 Å². The summed E-state index contributed by atoms with van der Waals surface area (Å²) in [4.78, 5) is 21.6. The Labute approximate surface area is 53.7 Å². The Morgan fingerprint density at radius 1 is 1.14 bits per heavy atom. The minimum absolute atomic E-state index is 0. The first kappa shape index (κ1) is 15.6. The quantitative estimate of drug-likeness (QED) is 0.430. The normalized spacial score (nSPS) is 8.43. The summed E-state index contributed by atoms with van der Waals surface area (Å²) in [7, 11) is -4.64. The number of rotatable bonds is 0. The third kappa shape index (κ3) is 306. The summed E-state index contributed by atoms with van der Waals surface area (Å²) in [5, 5.41) is 0. The van der Waals surface area contributed by atoms with Crippen LogP contribution in [-0.4, -0.2) is 14.7 Å². The van der Waals surface area contributed by atoms with Crippen LogP contribution < -0.4 is 0 Å². The average molecular weight is 165 g/mol. The van der Waals surface area contributed by atoms with Crippen molar-refractivity contribution in [1.29, 1.82) is 0 Å². The van der Waals surface area contributed by atoms with Crippen LogP contribution in [0, 0.1) is 0 Å². The predicted octanol–water partition coefficient (Wildman–Crippen LogP) is -0.295. The van der Waals surface area contributed by atoms with Crippen molar-refractivity contribution in [3.05, 3.63) is 0 Å². The number of hydrogen-bond acceptors (Lipinski definition) is 1. The van der Waals surface area contributed by atoms with Gasteiger partial charge in [-0.3, -0.25) is 0 Å². The molecule has 0 saturated carbocycles. The minimum Gasteiger partial charge on any atom is -0.303 e. The van der Waals surface area contributed by atoms with Gasteiger partial charge in [-0.25, -0.2) is 4.57 Å². The van der Waals surface area contributed by atoms with E-state index in [0.717, 1.165) is 0 Å². The smallest absolute Gasteiger partial charge is 0.303 e. The summed E-state index contributed by atoms with van der Waals surface area (Å²) in [6, 6.07) is 0. The van der Waals surface area contributed by atoms with Crippen molar-refractivity contribution >= 4 is 7.82 Å². The molecule has 4 nitrogen and oxygen atoms in total. The monoisotopic (exact) mass is 165 g/mol. The molecular formula is CH7O4PV. The second-order valence-electron chi connectivity index (χ2n) is 0.513. The molecule has 1 radical (unpaired) electrons. The van der Waals surface area contributed by atoms with Crippen molar-refractivity contribution in [3.63, 3.8) is 0 Å². The summed E-state index contributed by atoms with van der Waals surface area (Å²) < 4.78 is 8.88. The molecule has 0 heterocycles. The standard InChI is InChI=1S/CH4.H3O4P.V/c;1-5(2,3)4;/h1H4;(H3,1,2,3,4);. The van der Waals surface area contributed by atoms with Gasteiger partial charge in [0.1, 0.15) is 0 Å². The van der Waals surface area contributed by atoms with Crippen molar-refractivity contribution in [1.82, 2.24) is 0 Å². The summed E-state index contributed by atoms with van der Waals surface area (Å²) in [5.74, 6) is 0. The van der Waals surface area contributed by atoms with Crippen LogP contribution in [0.4, 0.5) is 0 Å². The zero-order valence-electron chi connectivity index (χ0n) is 2.64. The van der Waals surface area contributed by atoms with E-state index in [4.69, 9.17) is 19.2 Å². The van der Waals surface area contributed by atoms with Crippen LogP contribution in [-0.2, 0) is 23.1 Å². The Morgan fingerprint density at radius 2 is 1.14 bits per heavy atom. The minimum atomic E-state index is -4.64. The third-order valence-electron chi connectivity index (χ3n) is 0. The summed E-state index contributed by atoms with van der Waals surface area (Å²) in [6.07, 6.45) is 0. The number of phosphoric acid groups is 1. The van der Waals surface area contributed by atoms with Crippen LogP contribution in [0.15, 0.2) is 0 Å². The van der Waals surface area contributed by atoms with Gasteiger partial charge in [0.25, 0.3) is 0 Å². The van der Waals surface area contributed by atoms with Crippen molar-refractivity contribution in [2.75, 3.05) is 0 Å². The Morgan fingerprint density at radius 3 is 1.14 bits per heavy atom. The van der Waals surface area contributed by atoms with Crippen LogP contribution in [0.2, 0.25) is 0 Å². The molecule has 0 bridgehead atoms. The first-order chi connectivity index (χ1) is 2.00. The fourth-order valence-electron chi connectivity index (χ4n) is 0. The van der Waals surface area contributed by atoms with E-state index < -0.39 is 7.82 Å². The topological polar surface area (TPSA) is 77.8 Å². The Balaban J connectivity index is -0.0000000800. The van der Waals surface area contributed by atoms with Gasteiger partial charge in [0.15, 0.2) is 0 Å². The molecule has 0 aromatic carbocycles. The van der Waals surface area contributed by atoms with Crippen LogP contribution >= 0.6 is 7.82 Å². The van der Waals surface area contributed by atoms with Gasteiger partial charge in [-0.15, -0.1) is 0 Å². The van der Waals surface area contributed by atoms with Gasteiger partial charge in [0.05, 0.1) is 0 Å². The molecule has 0 aliphatic carbocycles. The molecule has 45 valence electrons. The van der Waals surface area contributed by atoms with Crippen molar-refractivity contribution < 1.29 is 37.8 Å². The molecule has 0 aliphatic rings. The Bertz CT molecular complexity index is 57.8. The molecule has 3 N–H and O–H groups in total. The Hall–Kier alpha value is 0.694. The molecule has 0 aromatic heterocycles. The van der Waals surface area contributed by atoms with E-state index in [2.05, 4.69) is 0 Å². The predicted molar refractivity (Wildman–Crippen MR) is 21.0 cm³/mol. The Kier molecular flexibility index (Phi) is 10.8. The summed E-state index contributed by atoms with van der Waals surface area (Å²) >= 11 is 0. The molecule has 0 fully saturated rings. The zero-order chi connectivity index (χ0) is 4.50. The van der Waals surface area contributed by atoms with Crippen molar-refractivity contribution in [3.8, 4) is 0 Å². The molecular weight excluding hydrogens is 158 g/mol. The second kappa shape index (κ2) is 4.84. The molecule has 0 spiro atoms. The van der Waals surface area contributed by atoms with Crippen molar-refractivity contribution in [2.45, 2.75) is 7.43 Å². The molecule has 7 heavy (non-hydrogen) atoms. The van der Waals surface area contributed by atoms with Gasteiger partial charge in [0, 0.05) is 18.6 Å². The number of hydrogen-bond donors (Lipinski definition) is 3. The largest absolute Gasteiger partial charge is 0.466 e. The van der Waals surface area contributed by atoms with E-state index in [1.54, 1.807) is 0 Å². The SMILES string of the molecule is C.O=P(O)(O)O.[V]. The molecule has 0 aromatic rings. The van der Waals surface area contributed by atoms with E-state index in [1.165, 1.54) is 0 Å². The molecule has 0 unspecified atom stereocenters. The molecule has 6 heteroatoms. The van der Waals surface area contributed by atoms with Crippen LogP contribution in [0.1, 0.15) is 7.43 Å². The maximum Gasteiger partial charge on any atom is 0.466 e. The van der Waals surface area contributed by atoms with E-state index in [1.807, 2.05) is 0 Å². The first-order valence-corrected chi connectivity index (χ1v) is 2.35. The molecule has 0 amide bonds. The van der Waals surface area contributed by atoms with E-state index in [9.17, 15) is 0 Å². The molecule has 0 saturated heterocycles. The molecule has 0 aliphatic heterocycles. The third-order valence-corrected chi connectivity index (χ3v) is 0. The van der Waals surface area contributed by atoms with Crippen LogP contribution in [0.3, 0.4) is 0 Å². The van der Waals surface area contributed by atoms with Crippen LogP contribution in [0.5, 0.6) is 0 Å². The maximum absolute atomic E-state index is 8.88. The summed E-state index contributed by atoms with van der Waals surface area (Å²) in [5.41, 5.74) is 0. The molecule has 0 atom stereocenters. The second-order valence-corrected chi connectivity index (χ2v) is 1.54. The maximum atomic E-state index is 8.88. The van der Waals surface area contributed by atoms with Gasteiger partial charge >= 0.3 is 7.82 Å². The first-order valence-electron chi connectivity index (χ1n) is 0.783. The van der Waals surface area contributed by atoms with E-state index in [-0.39, 0.29) is 26.0 Å². The van der Waals surface area contributed by atoms with Gasteiger partial charge in [-0.05, 0) is 0 Å². The van der Waals surface area contributed by atoms with Gasteiger partial charge in [-0.1, -0.05) is 7.43 Å². The van der Waals surface area contributed by atoms with E-state index >= 15 is 0 Å². The fourth-order valence-corrected chi connectivity index (χ4v) is 0. The fraction of sp³-hybridized carbons (Fsp3) is 1.00. The van der Waals surface area contributed by atoms with Gasteiger partial charge in [0.2, 0.25) is 0 Å². The van der Waals surface area contributed by atoms with E-state index in [0.29, 0.717) is 0 Å². The average Bonchev–Trinajstić information content (AvgIpc) is 0.722. The zero-order valence-corrected chi connectivity index (χ0v) is 4.94. The summed E-state index contributed by atoms with van der Waals surface area (Å²) in [6.45, 7) is 0. The van der Waals surface area contributed by atoms with Gasteiger partial charge in [-0.2, -0.15) is 0 Å². The van der Waals surface area contributed by atoms with Crippen LogP contribution in [0.25, 0.3) is 0 Å². The molecule has 0 rings (SSSR count).